The minimum atomic E-state index is 0.458. The Labute approximate surface area is 109 Å². The number of hydrogen-bond acceptors (Lipinski definition) is 2. The molecule has 94 valence electrons. The second kappa shape index (κ2) is 6.46. The maximum absolute atomic E-state index is 6.01. The van der Waals surface area contributed by atoms with Crippen LogP contribution in [0.25, 0.3) is 0 Å². The molecule has 1 aliphatic carbocycles. The van der Waals surface area contributed by atoms with E-state index in [-0.39, 0.29) is 0 Å². The van der Waals surface area contributed by atoms with E-state index in [0.29, 0.717) is 5.41 Å². The lowest BCUT2D eigenvalue weighted by Crippen LogP contribution is -2.33. The van der Waals surface area contributed by atoms with E-state index in [1.807, 2.05) is 11.8 Å². The van der Waals surface area contributed by atoms with Gasteiger partial charge in [-0.2, -0.15) is 0 Å². The lowest BCUT2D eigenvalue weighted by molar-refractivity contribution is 0.192. The van der Waals surface area contributed by atoms with Crippen molar-refractivity contribution in [3.63, 3.8) is 0 Å². The van der Waals surface area contributed by atoms with Gasteiger partial charge in [0.2, 0.25) is 0 Å². The summed E-state index contributed by atoms with van der Waals surface area (Å²) < 4.78 is 0. The highest BCUT2D eigenvalue weighted by atomic mass is 32.2. The molecule has 2 heteroatoms. The molecule has 0 unspecified atom stereocenters. The molecule has 1 aliphatic rings. The molecule has 0 bridgehead atoms. The van der Waals surface area contributed by atoms with E-state index in [1.54, 1.807) is 0 Å². The van der Waals surface area contributed by atoms with E-state index in [2.05, 4.69) is 30.3 Å². The third-order valence-corrected chi connectivity index (χ3v) is 5.01. The predicted octanol–water partition coefficient (Wildman–Crippen LogP) is 4.08. The first-order valence-corrected chi connectivity index (χ1v) is 7.71. The van der Waals surface area contributed by atoms with Gasteiger partial charge in [0.15, 0.2) is 0 Å². The fourth-order valence-corrected chi connectivity index (χ4v) is 3.88. The van der Waals surface area contributed by atoms with Crippen LogP contribution in [0.4, 0.5) is 0 Å². The van der Waals surface area contributed by atoms with Gasteiger partial charge in [0.1, 0.15) is 0 Å². The summed E-state index contributed by atoms with van der Waals surface area (Å²) in [5.74, 6) is 1.21. The van der Waals surface area contributed by atoms with Crippen LogP contribution in [0.15, 0.2) is 35.2 Å². The Hall–Kier alpha value is -0.470. The van der Waals surface area contributed by atoms with Crippen LogP contribution in [0.1, 0.15) is 38.5 Å². The lowest BCUT2D eigenvalue weighted by atomic mass is 9.72. The minimum Gasteiger partial charge on any atom is -0.330 e. The Kier molecular flexibility index (Phi) is 4.93. The zero-order chi connectivity index (χ0) is 12.0. The molecule has 0 amide bonds. The van der Waals surface area contributed by atoms with Crippen molar-refractivity contribution in [3.05, 3.63) is 30.3 Å². The summed E-state index contributed by atoms with van der Waals surface area (Å²) in [7, 11) is 0. The molecule has 1 fully saturated rings. The Morgan fingerprint density at radius 3 is 2.41 bits per heavy atom. The van der Waals surface area contributed by atoms with E-state index in [4.69, 9.17) is 5.73 Å². The third-order valence-electron chi connectivity index (χ3n) is 3.99. The highest BCUT2D eigenvalue weighted by molar-refractivity contribution is 7.99. The van der Waals surface area contributed by atoms with Crippen molar-refractivity contribution in [1.29, 1.82) is 0 Å². The Morgan fingerprint density at radius 1 is 1.06 bits per heavy atom. The SMILES string of the molecule is NCC1(CCSc2ccccc2)CCCCC1. The van der Waals surface area contributed by atoms with Gasteiger partial charge in [0.25, 0.3) is 0 Å². The average Bonchev–Trinajstić information content (AvgIpc) is 2.41. The molecule has 1 nitrogen and oxygen atoms in total. The van der Waals surface area contributed by atoms with Crippen LogP contribution in [0.2, 0.25) is 0 Å². The van der Waals surface area contributed by atoms with Gasteiger partial charge < -0.3 is 5.73 Å². The Bertz CT molecular complexity index is 317. The molecule has 0 aliphatic heterocycles. The molecular weight excluding hydrogens is 226 g/mol. The molecular formula is C15H23NS. The predicted molar refractivity (Wildman–Crippen MR) is 76.4 cm³/mol. The fraction of sp³-hybridized carbons (Fsp3) is 0.600. The molecule has 1 aromatic rings. The van der Waals surface area contributed by atoms with Crippen LogP contribution < -0.4 is 5.73 Å². The summed E-state index contributed by atoms with van der Waals surface area (Å²) in [6.45, 7) is 0.877. The quantitative estimate of drug-likeness (QED) is 0.796. The normalized spacial score (nSPS) is 19.1. The first-order chi connectivity index (χ1) is 8.35. The summed E-state index contributed by atoms with van der Waals surface area (Å²) in [6, 6.07) is 10.7. The van der Waals surface area contributed by atoms with Crippen molar-refractivity contribution >= 4 is 11.8 Å². The molecule has 2 rings (SSSR count). The van der Waals surface area contributed by atoms with E-state index in [1.165, 1.54) is 49.2 Å². The number of hydrogen-bond donors (Lipinski definition) is 1. The maximum atomic E-state index is 6.01. The highest BCUT2D eigenvalue weighted by Crippen LogP contribution is 2.39. The third kappa shape index (κ3) is 3.75. The van der Waals surface area contributed by atoms with Crippen molar-refractivity contribution in [2.24, 2.45) is 11.1 Å². The zero-order valence-electron chi connectivity index (χ0n) is 10.5. The van der Waals surface area contributed by atoms with Gasteiger partial charge in [-0.15, -0.1) is 11.8 Å². The molecule has 0 aromatic heterocycles. The molecule has 1 saturated carbocycles. The molecule has 0 heterocycles. The van der Waals surface area contributed by atoms with Crippen LogP contribution in [-0.2, 0) is 0 Å². The van der Waals surface area contributed by atoms with E-state index >= 15 is 0 Å². The van der Waals surface area contributed by atoms with E-state index < -0.39 is 0 Å². The maximum Gasteiger partial charge on any atom is 0.00719 e. The van der Waals surface area contributed by atoms with Gasteiger partial charge in [-0.05, 0) is 49.1 Å². The largest absolute Gasteiger partial charge is 0.330 e. The fourth-order valence-electron chi connectivity index (χ4n) is 2.76. The standard InChI is InChI=1S/C15H23NS/c16-13-15(9-5-2-6-10-15)11-12-17-14-7-3-1-4-8-14/h1,3-4,7-8H,2,5-6,9-13,16H2. The summed E-state index contributed by atoms with van der Waals surface area (Å²) in [4.78, 5) is 1.38. The molecule has 1 aromatic carbocycles. The molecule has 17 heavy (non-hydrogen) atoms. The van der Waals surface area contributed by atoms with Gasteiger partial charge in [0.05, 0.1) is 0 Å². The number of thioether (sulfide) groups is 1. The van der Waals surface area contributed by atoms with Crippen molar-refractivity contribution in [2.45, 2.75) is 43.4 Å². The first kappa shape index (κ1) is 13.0. The van der Waals surface area contributed by atoms with Gasteiger partial charge in [-0.1, -0.05) is 37.5 Å². The molecule has 0 spiro atoms. The number of rotatable bonds is 5. The van der Waals surface area contributed by atoms with Gasteiger partial charge in [0, 0.05) is 4.90 Å². The monoisotopic (exact) mass is 249 g/mol. The van der Waals surface area contributed by atoms with Crippen molar-refractivity contribution in [1.82, 2.24) is 0 Å². The van der Waals surface area contributed by atoms with Gasteiger partial charge in [-0.3, -0.25) is 0 Å². The average molecular weight is 249 g/mol. The van der Waals surface area contributed by atoms with Crippen LogP contribution in [0, 0.1) is 5.41 Å². The number of benzene rings is 1. The summed E-state index contributed by atoms with van der Waals surface area (Å²) >= 11 is 1.97. The van der Waals surface area contributed by atoms with Gasteiger partial charge >= 0.3 is 0 Å². The van der Waals surface area contributed by atoms with Crippen LogP contribution in [-0.4, -0.2) is 12.3 Å². The molecule has 0 saturated heterocycles. The first-order valence-electron chi connectivity index (χ1n) is 6.73. The van der Waals surface area contributed by atoms with Crippen LogP contribution in [0.3, 0.4) is 0 Å². The van der Waals surface area contributed by atoms with E-state index in [9.17, 15) is 0 Å². The highest BCUT2D eigenvalue weighted by Gasteiger charge is 2.29. The van der Waals surface area contributed by atoms with Crippen LogP contribution in [0.5, 0.6) is 0 Å². The van der Waals surface area contributed by atoms with Crippen molar-refractivity contribution in [2.75, 3.05) is 12.3 Å². The minimum absolute atomic E-state index is 0.458. The zero-order valence-corrected chi connectivity index (χ0v) is 11.3. The van der Waals surface area contributed by atoms with E-state index in [0.717, 1.165) is 6.54 Å². The smallest absolute Gasteiger partial charge is 0.00719 e. The molecule has 0 atom stereocenters. The second-order valence-corrected chi connectivity index (χ2v) is 6.34. The topological polar surface area (TPSA) is 26.0 Å². The lowest BCUT2D eigenvalue weighted by Gasteiger charge is -2.36. The van der Waals surface area contributed by atoms with Crippen LogP contribution >= 0.6 is 11.8 Å². The van der Waals surface area contributed by atoms with Gasteiger partial charge in [-0.25, -0.2) is 0 Å². The Morgan fingerprint density at radius 2 is 1.76 bits per heavy atom. The molecule has 2 N–H and O–H groups in total. The summed E-state index contributed by atoms with van der Waals surface area (Å²) in [6.07, 6.45) is 8.15. The van der Waals surface area contributed by atoms with Crippen molar-refractivity contribution < 1.29 is 0 Å². The summed E-state index contributed by atoms with van der Waals surface area (Å²) in [5.41, 5.74) is 6.47. The molecule has 0 radical (unpaired) electrons. The number of nitrogens with two attached hydrogens (primary N) is 1. The second-order valence-electron chi connectivity index (χ2n) is 5.18. The summed E-state index contributed by atoms with van der Waals surface area (Å²) in [5, 5.41) is 0. The van der Waals surface area contributed by atoms with Crippen molar-refractivity contribution in [3.8, 4) is 0 Å². The Balaban J connectivity index is 1.80.